The first kappa shape index (κ1) is 21.2. The minimum atomic E-state index is 0.309. The van der Waals surface area contributed by atoms with Gasteiger partial charge in [0.05, 0.1) is 19.3 Å². The molecule has 1 fully saturated rings. The van der Waals surface area contributed by atoms with Crippen LogP contribution in [0, 0.1) is 5.92 Å². The van der Waals surface area contributed by atoms with Crippen molar-refractivity contribution in [1.82, 2.24) is 10.6 Å². The van der Waals surface area contributed by atoms with E-state index in [2.05, 4.69) is 36.4 Å². The first-order valence-corrected chi connectivity index (χ1v) is 9.51. The van der Waals surface area contributed by atoms with Crippen molar-refractivity contribution < 1.29 is 14.2 Å². The van der Waals surface area contributed by atoms with Crippen molar-refractivity contribution in [2.45, 2.75) is 52.6 Å². The summed E-state index contributed by atoms with van der Waals surface area (Å²) >= 11 is 0. The molecule has 1 aliphatic rings. The Morgan fingerprint density at radius 2 is 2.08 bits per heavy atom. The number of aliphatic imine (C=N–C) groups is 1. The quantitative estimate of drug-likeness (QED) is 0.305. The number of hydrogen-bond acceptors (Lipinski definition) is 4. The first-order chi connectivity index (χ1) is 11.7. The van der Waals surface area contributed by atoms with Gasteiger partial charge in [-0.1, -0.05) is 13.8 Å². The van der Waals surface area contributed by atoms with Crippen LogP contribution in [0.4, 0.5) is 0 Å². The van der Waals surface area contributed by atoms with Crippen LogP contribution in [0.5, 0.6) is 0 Å². The van der Waals surface area contributed by atoms with E-state index in [4.69, 9.17) is 14.2 Å². The first-order valence-electron chi connectivity index (χ1n) is 9.51. The Hall–Kier alpha value is -0.850. The van der Waals surface area contributed by atoms with Crippen LogP contribution < -0.4 is 10.6 Å². The topological polar surface area (TPSA) is 64.1 Å². The van der Waals surface area contributed by atoms with Crippen molar-refractivity contribution in [3.05, 3.63) is 0 Å². The molecule has 0 aromatic rings. The van der Waals surface area contributed by atoms with Crippen molar-refractivity contribution in [2.75, 3.05) is 52.7 Å². The van der Waals surface area contributed by atoms with E-state index < -0.39 is 0 Å². The lowest BCUT2D eigenvalue weighted by Crippen LogP contribution is -2.39. The maximum absolute atomic E-state index is 5.65. The lowest BCUT2D eigenvalue weighted by Gasteiger charge is -2.12. The molecule has 0 amide bonds. The maximum Gasteiger partial charge on any atom is 0.191 e. The summed E-state index contributed by atoms with van der Waals surface area (Å²) in [4.78, 5) is 4.56. The SMILES string of the molecule is CCNC(=NCCCOCC1CCCO1)NCCOCCC(C)C. The summed E-state index contributed by atoms with van der Waals surface area (Å²) in [7, 11) is 0. The van der Waals surface area contributed by atoms with Crippen LogP contribution in [0.1, 0.15) is 46.5 Å². The minimum Gasteiger partial charge on any atom is -0.380 e. The van der Waals surface area contributed by atoms with Gasteiger partial charge in [-0.2, -0.15) is 0 Å². The number of guanidine groups is 1. The number of nitrogens with zero attached hydrogens (tertiary/aromatic N) is 1. The van der Waals surface area contributed by atoms with E-state index in [-0.39, 0.29) is 0 Å². The number of rotatable bonds is 13. The van der Waals surface area contributed by atoms with Gasteiger partial charge >= 0.3 is 0 Å². The van der Waals surface area contributed by atoms with E-state index in [1.54, 1.807) is 0 Å². The molecule has 1 atom stereocenters. The van der Waals surface area contributed by atoms with Crippen molar-refractivity contribution in [3.63, 3.8) is 0 Å². The fourth-order valence-electron chi connectivity index (χ4n) is 2.35. The summed E-state index contributed by atoms with van der Waals surface area (Å²) in [6.45, 7) is 12.8. The summed E-state index contributed by atoms with van der Waals surface area (Å²) < 4.78 is 16.8. The van der Waals surface area contributed by atoms with E-state index in [0.29, 0.717) is 18.6 Å². The summed E-state index contributed by atoms with van der Waals surface area (Å²) in [6.07, 6.45) is 4.64. The molecule has 0 aromatic carbocycles. The van der Waals surface area contributed by atoms with Gasteiger partial charge in [-0.15, -0.1) is 0 Å². The summed E-state index contributed by atoms with van der Waals surface area (Å²) in [5.41, 5.74) is 0. The predicted molar refractivity (Wildman–Crippen MR) is 98.7 cm³/mol. The smallest absolute Gasteiger partial charge is 0.191 e. The Bertz CT molecular complexity index is 319. The molecule has 1 heterocycles. The van der Waals surface area contributed by atoms with Crippen LogP contribution >= 0.6 is 0 Å². The molecule has 1 saturated heterocycles. The fraction of sp³-hybridized carbons (Fsp3) is 0.944. The molecule has 142 valence electrons. The molecule has 6 heteroatoms. The highest BCUT2D eigenvalue weighted by atomic mass is 16.5. The van der Waals surface area contributed by atoms with Crippen molar-refractivity contribution >= 4 is 5.96 Å². The lowest BCUT2D eigenvalue weighted by molar-refractivity contribution is 0.0171. The normalized spacial score (nSPS) is 18.3. The molecule has 0 aromatic heterocycles. The van der Waals surface area contributed by atoms with Crippen LogP contribution in [0.15, 0.2) is 4.99 Å². The van der Waals surface area contributed by atoms with Crippen LogP contribution in [0.3, 0.4) is 0 Å². The van der Waals surface area contributed by atoms with Crippen molar-refractivity contribution in [3.8, 4) is 0 Å². The third-order valence-electron chi connectivity index (χ3n) is 3.77. The number of ether oxygens (including phenoxy) is 3. The zero-order valence-corrected chi connectivity index (χ0v) is 15.8. The monoisotopic (exact) mass is 343 g/mol. The molecular formula is C18H37N3O3. The molecule has 0 spiro atoms. The third kappa shape index (κ3) is 11.6. The zero-order valence-electron chi connectivity index (χ0n) is 15.8. The minimum absolute atomic E-state index is 0.309. The van der Waals surface area contributed by atoms with Gasteiger partial charge in [0.25, 0.3) is 0 Å². The van der Waals surface area contributed by atoms with E-state index in [1.807, 2.05) is 0 Å². The molecule has 0 saturated carbocycles. The second kappa shape index (κ2) is 14.5. The van der Waals surface area contributed by atoms with E-state index in [1.165, 1.54) is 0 Å². The van der Waals surface area contributed by atoms with Gasteiger partial charge in [-0.3, -0.25) is 4.99 Å². The Morgan fingerprint density at radius 1 is 1.21 bits per heavy atom. The Labute approximate surface area is 147 Å². The van der Waals surface area contributed by atoms with Gasteiger partial charge in [0.1, 0.15) is 0 Å². The van der Waals surface area contributed by atoms with Crippen LogP contribution in [0.25, 0.3) is 0 Å². The average Bonchev–Trinajstić information content (AvgIpc) is 3.06. The number of hydrogen-bond donors (Lipinski definition) is 2. The van der Waals surface area contributed by atoms with Gasteiger partial charge in [0.2, 0.25) is 0 Å². The molecule has 1 rings (SSSR count). The zero-order chi connectivity index (χ0) is 17.5. The lowest BCUT2D eigenvalue weighted by atomic mass is 10.1. The Balaban J connectivity index is 2.01. The maximum atomic E-state index is 5.65. The van der Waals surface area contributed by atoms with Crippen molar-refractivity contribution in [1.29, 1.82) is 0 Å². The summed E-state index contributed by atoms with van der Waals surface area (Å²) in [5, 5.41) is 6.55. The Morgan fingerprint density at radius 3 is 2.79 bits per heavy atom. The van der Waals surface area contributed by atoms with Crippen LogP contribution in [-0.2, 0) is 14.2 Å². The highest BCUT2D eigenvalue weighted by molar-refractivity contribution is 5.79. The second-order valence-corrected chi connectivity index (χ2v) is 6.55. The molecule has 2 N–H and O–H groups in total. The molecular weight excluding hydrogens is 306 g/mol. The largest absolute Gasteiger partial charge is 0.380 e. The number of nitrogens with one attached hydrogen (secondary N) is 2. The highest BCUT2D eigenvalue weighted by Crippen LogP contribution is 2.11. The van der Waals surface area contributed by atoms with Gasteiger partial charge < -0.3 is 24.8 Å². The Kier molecular flexibility index (Phi) is 12.8. The molecule has 6 nitrogen and oxygen atoms in total. The average molecular weight is 344 g/mol. The summed E-state index contributed by atoms with van der Waals surface area (Å²) in [6, 6.07) is 0. The van der Waals surface area contributed by atoms with Gasteiger partial charge in [0, 0.05) is 39.5 Å². The van der Waals surface area contributed by atoms with E-state index in [9.17, 15) is 0 Å². The predicted octanol–water partition coefficient (Wildman–Crippen LogP) is 2.19. The molecule has 1 aliphatic heterocycles. The van der Waals surface area contributed by atoms with Crippen LogP contribution in [0.2, 0.25) is 0 Å². The molecule has 24 heavy (non-hydrogen) atoms. The second-order valence-electron chi connectivity index (χ2n) is 6.55. The van der Waals surface area contributed by atoms with Gasteiger partial charge in [-0.05, 0) is 38.5 Å². The van der Waals surface area contributed by atoms with Crippen molar-refractivity contribution in [2.24, 2.45) is 10.9 Å². The highest BCUT2D eigenvalue weighted by Gasteiger charge is 2.14. The third-order valence-corrected chi connectivity index (χ3v) is 3.77. The molecule has 0 aliphatic carbocycles. The molecule has 1 unspecified atom stereocenters. The molecule has 0 bridgehead atoms. The van der Waals surface area contributed by atoms with E-state index >= 15 is 0 Å². The van der Waals surface area contributed by atoms with E-state index in [0.717, 1.165) is 77.7 Å². The fourth-order valence-corrected chi connectivity index (χ4v) is 2.35. The standard InChI is InChI=1S/C18H37N3O3/c1-4-19-18(21-10-14-22-13-8-16(2)3)20-9-6-11-23-15-17-7-5-12-24-17/h16-17H,4-15H2,1-3H3,(H2,19,20,21). The van der Waals surface area contributed by atoms with Crippen LogP contribution in [-0.4, -0.2) is 64.7 Å². The molecule has 0 radical (unpaired) electrons. The van der Waals surface area contributed by atoms with Gasteiger partial charge in [-0.25, -0.2) is 0 Å². The summed E-state index contributed by atoms with van der Waals surface area (Å²) in [5.74, 6) is 1.54. The van der Waals surface area contributed by atoms with Gasteiger partial charge in [0.15, 0.2) is 5.96 Å².